The number of para-hydroxylation sites is 1. The second-order valence-electron chi connectivity index (χ2n) is 5.48. The van der Waals surface area contributed by atoms with E-state index in [2.05, 4.69) is 26.0 Å². The van der Waals surface area contributed by atoms with Crippen molar-refractivity contribution in [2.45, 2.75) is 45.6 Å². The Balaban J connectivity index is 2.15. The van der Waals surface area contributed by atoms with E-state index in [1.807, 2.05) is 12.1 Å². The first-order valence-corrected chi connectivity index (χ1v) is 7.21. The van der Waals surface area contributed by atoms with Gasteiger partial charge in [0.2, 0.25) is 0 Å². The van der Waals surface area contributed by atoms with Crippen molar-refractivity contribution in [3.8, 4) is 5.75 Å². The molecule has 0 spiro atoms. The molecule has 2 N–H and O–H groups in total. The quantitative estimate of drug-likeness (QED) is 0.856. The maximum atomic E-state index is 6.48. The minimum absolute atomic E-state index is 0.121. The second-order valence-corrected chi connectivity index (χ2v) is 5.48. The largest absolute Gasteiger partial charge is 0.493 e. The van der Waals surface area contributed by atoms with Gasteiger partial charge in [-0.25, -0.2) is 0 Å². The zero-order chi connectivity index (χ0) is 13.0. The predicted octanol–water partition coefficient (Wildman–Crippen LogP) is 3.91. The Bertz CT molecular complexity index is 377. The number of hydrogen-bond acceptors (Lipinski definition) is 2. The normalized spacial score (nSPS) is 25.1. The molecule has 3 atom stereocenters. The van der Waals surface area contributed by atoms with Crippen LogP contribution < -0.4 is 10.5 Å². The zero-order valence-electron chi connectivity index (χ0n) is 11.6. The molecule has 0 saturated heterocycles. The summed E-state index contributed by atoms with van der Waals surface area (Å²) >= 11 is 0. The van der Waals surface area contributed by atoms with Crippen molar-refractivity contribution in [3.05, 3.63) is 29.8 Å². The third-order valence-electron chi connectivity index (χ3n) is 4.13. The van der Waals surface area contributed by atoms with E-state index < -0.39 is 0 Å². The third kappa shape index (κ3) is 2.86. The van der Waals surface area contributed by atoms with Crippen LogP contribution in [-0.4, -0.2) is 6.61 Å². The van der Waals surface area contributed by atoms with Gasteiger partial charge in [0.25, 0.3) is 0 Å². The number of nitrogens with two attached hydrogens (primary N) is 1. The van der Waals surface area contributed by atoms with Crippen LogP contribution in [0.2, 0.25) is 0 Å². The van der Waals surface area contributed by atoms with E-state index in [4.69, 9.17) is 10.5 Å². The molecule has 3 unspecified atom stereocenters. The fourth-order valence-electron chi connectivity index (χ4n) is 3.04. The Morgan fingerprint density at radius 1 is 1.33 bits per heavy atom. The van der Waals surface area contributed by atoms with Crippen molar-refractivity contribution in [1.82, 2.24) is 0 Å². The maximum absolute atomic E-state index is 6.48. The van der Waals surface area contributed by atoms with Gasteiger partial charge in [0.1, 0.15) is 5.75 Å². The van der Waals surface area contributed by atoms with Crippen LogP contribution in [0.1, 0.15) is 51.1 Å². The lowest BCUT2D eigenvalue weighted by molar-refractivity contribution is 0.298. The smallest absolute Gasteiger partial charge is 0.124 e. The highest BCUT2D eigenvalue weighted by Crippen LogP contribution is 2.41. The first kappa shape index (κ1) is 13.4. The molecular weight excluding hydrogens is 222 g/mol. The van der Waals surface area contributed by atoms with E-state index >= 15 is 0 Å². The Kier molecular flexibility index (Phi) is 4.65. The maximum Gasteiger partial charge on any atom is 0.124 e. The molecule has 1 aliphatic carbocycles. The molecule has 1 aromatic rings. The van der Waals surface area contributed by atoms with Crippen molar-refractivity contribution >= 4 is 0 Å². The molecule has 100 valence electrons. The summed E-state index contributed by atoms with van der Waals surface area (Å²) in [6.07, 6.45) is 4.92. The molecule has 2 rings (SSSR count). The highest BCUT2D eigenvalue weighted by molar-refractivity contribution is 5.36. The molecular formula is C16H25NO. The van der Waals surface area contributed by atoms with Crippen LogP contribution in [0.4, 0.5) is 0 Å². The van der Waals surface area contributed by atoms with Gasteiger partial charge in [-0.05, 0) is 30.7 Å². The minimum Gasteiger partial charge on any atom is -0.493 e. The summed E-state index contributed by atoms with van der Waals surface area (Å²) in [7, 11) is 0. The van der Waals surface area contributed by atoms with Crippen LogP contribution in [0.5, 0.6) is 5.75 Å². The fraction of sp³-hybridized carbons (Fsp3) is 0.625. The average Bonchev–Trinajstić information content (AvgIpc) is 2.82. The summed E-state index contributed by atoms with van der Waals surface area (Å²) in [5.74, 6) is 2.32. The molecule has 1 saturated carbocycles. The molecule has 0 amide bonds. The van der Waals surface area contributed by atoms with E-state index in [-0.39, 0.29) is 6.04 Å². The molecule has 0 aromatic heterocycles. The monoisotopic (exact) mass is 247 g/mol. The van der Waals surface area contributed by atoms with Crippen molar-refractivity contribution < 1.29 is 4.74 Å². The minimum atomic E-state index is 0.121. The summed E-state index contributed by atoms with van der Waals surface area (Å²) in [4.78, 5) is 0. The number of ether oxygens (including phenoxy) is 1. The Morgan fingerprint density at radius 3 is 2.78 bits per heavy atom. The van der Waals surface area contributed by atoms with E-state index in [1.54, 1.807) is 0 Å². The van der Waals surface area contributed by atoms with Crippen LogP contribution in [-0.2, 0) is 0 Å². The van der Waals surface area contributed by atoms with Crippen molar-refractivity contribution in [1.29, 1.82) is 0 Å². The van der Waals surface area contributed by atoms with Gasteiger partial charge in [-0.1, -0.05) is 44.9 Å². The fourth-order valence-corrected chi connectivity index (χ4v) is 3.04. The van der Waals surface area contributed by atoms with Crippen LogP contribution in [0.15, 0.2) is 24.3 Å². The Hall–Kier alpha value is -1.02. The molecule has 0 heterocycles. The Morgan fingerprint density at radius 2 is 2.11 bits per heavy atom. The van der Waals surface area contributed by atoms with Crippen molar-refractivity contribution in [2.75, 3.05) is 6.61 Å². The molecule has 1 fully saturated rings. The number of hydrogen-bond donors (Lipinski definition) is 1. The number of rotatable bonds is 5. The van der Waals surface area contributed by atoms with Gasteiger partial charge < -0.3 is 10.5 Å². The van der Waals surface area contributed by atoms with Gasteiger partial charge >= 0.3 is 0 Å². The lowest BCUT2D eigenvalue weighted by atomic mass is 9.86. The first-order chi connectivity index (χ1) is 8.74. The van der Waals surface area contributed by atoms with E-state index in [0.29, 0.717) is 5.92 Å². The zero-order valence-corrected chi connectivity index (χ0v) is 11.6. The first-order valence-electron chi connectivity index (χ1n) is 7.21. The molecule has 2 nitrogen and oxygen atoms in total. The predicted molar refractivity (Wildman–Crippen MR) is 75.7 cm³/mol. The Labute approximate surface area is 111 Å². The highest BCUT2D eigenvalue weighted by Gasteiger charge is 2.30. The van der Waals surface area contributed by atoms with Crippen LogP contribution in [0.3, 0.4) is 0 Å². The molecule has 1 aliphatic rings. The van der Waals surface area contributed by atoms with Crippen LogP contribution in [0.25, 0.3) is 0 Å². The van der Waals surface area contributed by atoms with E-state index in [1.165, 1.54) is 24.8 Å². The van der Waals surface area contributed by atoms with Crippen LogP contribution >= 0.6 is 0 Å². The summed E-state index contributed by atoms with van der Waals surface area (Å²) in [6, 6.07) is 8.38. The van der Waals surface area contributed by atoms with Gasteiger partial charge in [-0.15, -0.1) is 0 Å². The highest BCUT2D eigenvalue weighted by atomic mass is 16.5. The summed E-state index contributed by atoms with van der Waals surface area (Å²) in [6.45, 7) is 5.22. The standard InChI is InChI=1S/C16H25NO/c1-3-11-18-15-10-5-4-8-14(15)16(17)13-9-6-7-12(13)2/h4-5,8,10,12-13,16H,3,6-7,9,11,17H2,1-2H3. The lowest BCUT2D eigenvalue weighted by Crippen LogP contribution is -2.24. The molecule has 0 bridgehead atoms. The summed E-state index contributed by atoms with van der Waals surface area (Å²) in [5, 5.41) is 0. The second kappa shape index (κ2) is 6.24. The topological polar surface area (TPSA) is 35.2 Å². The summed E-state index contributed by atoms with van der Waals surface area (Å²) < 4.78 is 5.82. The van der Waals surface area contributed by atoms with Gasteiger partial charge in [-0.3, -0.25) is 0 Å². The molecule has 0 radical (unpaired) electrons. The molecule has 2 heteroatoms. The van der Waals surface area contributed by atoms with E-state index in [0.717, 1.165) is 24.7 Å². The molecule has 1 aromatic carbocycles. The van der Waals surface area contributed by atoms with Gasteiger partial charge in [0.05, 0.1) is 6.61 Å². The van der Waals surface area contributed by atoms with Crippen LogP contribution in [0, 0.1) is 11.8 Å². The third-order valence-corrected chi connectivity index (χ3v) is 4.13. The van der Waals surface area contributed by atoms with Gasteiger partial charge in [0.15, 0.2) is 0 Å². The average molecular weight is 247 g/mol. The van der Waals surface area contributed by atoms with Gasteiger partial charge in [-0.2, -0.15) is 0 Å². The van der Waals surface area contributed by atoms with Crippen molar-refractivity contribution in [3.63, 3.8) is 0 Å². The van der Waals surface area contributed by atoms with Gasteiger partial charge in [0, 0.05) is 11.6 Å². The SMILES string of the molecule is CCCOc1ccccc1C(N)C1CCCC1C. The number of benzene rings is 1. The van der Waals surface area contributed by atoms with E-state index in [9.17, 15) is 0 Å². The molecule has 18 heavy (non-hydrogen) atoms. The van der Waals surface area contributed by atoms with Crippen molar-refractivity contribution in [2.24, 2.45) is 17.6 Å². The summed E-state index contributed by atoms with van der Waals surface area (Å²) in [5.41, 5.74) is 7.67. The molecule has 0 aliphatic heterocycles. The lowest BCUT2D eigenvalue weighted by Gasteiger charge is -2.25.